The van der Waals surface area contributed by atoms with E-state index in [9.17, 15) is 27.6 Å². The molecule has 1 heterocycles. The highest BCUT2D eigenvalue weighted by molar-refractivity contribution is 5.96. The molecule has 11 heteroatoms. The zero-order valence-electron chi connectivity index (χ0n) is 18.3. The Kier molecular flexibility index (Phi) is 7.57. The van der Waals surface area contributed by atoms with Crippen molar-refractivity contribution in [2.45, 2.75) is 19.1 Å². The van der Waals surface area contributed by atoms with Crippen molar-refractivity contribution in [1.82, 2.24) is 9.55 Å². The molecule has 1 amide bonds. The van der Waals surface area contributed by atoms with Crippen LogP contribution in [-0.4, -0.2) is 35.7 Å². The normalized spacial score (nSPS) is 11.4. The smallest absolute Gasteiger partial charge is 0.383 e. The second-order valence-corrected chi connectivity index (χ2v) is 7.47. The van der Waals surface area contributed by atoms with Crippen LogP contribution < -0.4 is 21.9 Å². The third-order valence-electron chi connectivity index (χ3n) is 5.12. The lowest BCUT2D eigenvalue weighted by Crippen LogP contribution is -2.43. The Bertz CT molecular complexity index is 1250. The van der Waals surface area contributed by atoms with E-state index in [1.807, 2.05) is 0 Å². The molecule has 0 bridgehead atoms. The van der Waals surface area contributed by atoms with Crippen molar-refractivity contribution in [3.63, 3.8) is 0 Å². The molecule has 3 N–H and O–H groups in total. The highest BCUT2D eigenvalue weighted by atomic mass is 19.4. The number of nitrogens with two attached hydrogens (primary N) is 1. The van der Waals surface area contributed by atoms with E-state index in [-0.39, 0.29) is 37.6 Å². The lowest BCUT2D eigenvalue weighted by molar-refractivity contribution is -0.137. The van der Waals surface area contributed by atoms with E-state index in [1.165, 1.54) is 19.2 Å². The summed E-state index contributed by atoms with van der Waals surface area (Å²) in [5, 5.41) is 0. The number of benzene rings is 2. The number of halogens is 3. The summed E-state index contributed by atoms with van der Waals surface area (Å²) in [5.41, 5.74) is 4.58. The molecule has 0 atom stereocenters. The predicted octanol–water partition coefficient (Wildman–Crippen LogP) is 2.41. The Morgan fingerprint density at radius 1 is 1.06 bits per heavy atom. The van der Waals surface area contributed by atoms with Gasteiger partial charge in [-0.15, -0.1) is 0 Å². The molecule has 3 aromatic rings. The van der Waals surface area contributed by atoms with E-state index in [0.717, 1.165) is 27.2 Å². The summed E-state index contributed by atoms with van der Waals surface area (Å²) in [6.07, 6.45) is -4.79. The number of hydrogen-bond donors (Lipinski definition) is 2. The summed E-state index contributed by atoms with van der Waals surface area (Å²) in [4.78, 5) is 41.5. The van der Waals surface area contributed by atoms with Crippen LogP contribution in [-0.2, 0) is 28.7 Å². The first kappa shape index (κ1) is 24.8. The quantitative estimate of drug-likeness (QED) is 0.519. The number of carbonyl (C=O) groups excluding carboxylic acids is 1. The Labute approximate surface area is 192 Å². The van der Waals surface area contributed by atoms with Crippen molar-refractivity contribution in [2.75, 3.05) is 30.9 Å². The van der Waals surface area contributed by atoms with Crippen LogP contribution in [0.25, 0.3) is 0 Å². The maximum Gasteiger partial charge on any atom is 0.416 e. The molecule has 0 aliphatic rings. The van der Waals surface area contributed by atoms with Crippen LogP contribution in [0, 0.1) is 0 Å². The zero-order valence-corrected chi connectivity index (χ0v) is 18.3. The van der Waals surface area contributed by atoms with Gasteiger partial charge >= 0.3 is 11.9 Å². The minimum Gasteiger partial charge on any atom is -0.383 e. The Hall–Kier alpha value is -3.86. The number of H-pyrrole nitrogens is 1. The van der Waals surface area contributed by atoms with Crippen LogP contribution >= 0.6 is 0 Å². The highest BCUT2D eigenvalue weighted by Crippen LogP contribution is 2.29. The molecule has 1 aromatic heterocycles. The number of alkyl halides is 3. The number of carbonyl (C=O) groups is 1. The van der Waals surface area contributed by atoms with E-state index in [2.05, 4.69) is 4.98 Å². The predicted molar refractivity (Wildman–Crippen MR) is 121 cm³/mol. The van der Waals surface area contributed by atoms with Crippen molar-refractivity contribution in [3.05, 3.63) is 92.1 Å². The molecule has 0 saturated heterocycles. The average molecular weight is 476 g/mol. The van der Waals surface area contributed by atoms with Gasteiger partial charge in [-0.25, -0.2) is 4.79 Å². The molecule has 0 radical (unpaired) electrons. The standard InChI is InChI=1S/C23H23F3N4O4/c1-34-12-11-29(18(31)13-15-7-9-17(10-8-15)23(24,25)26)19-20(27)30(22(33)28-21(19)32)14-16-5-3-2-4-6-16/h2-10H,11-14,27H2,1H3,(H,28,32,33). The van der Waals surface area contributed by atoms with Crippen LogP contribution in [0.15, 0.2) is 64.2 Å². The van der Waals surface area contributed by atoms with Gasteiger partial charge in [-0.3, -0.25) is 19.1 Å². The number of rotatable bonds is 8. The molecule has 0 fully saturated rings. The van der Waals surface area contributed by atoms with Crippen molar-refractivity contribution in [2.24, 2.45) is 0 Å². The molecule has 180 valence electrons. The number of amides is 1. The maximum absolute atomic E-state index is 13.1. The first-order valence-corrected chi connectivity index (χ1v) is 10.2. The first-order valence-electron chi connectivity index (χ1n) is 10.2. The summed E-state index contributed by atoms with van der Waals surface area (Å²) in [6.45, 7) is 0.0444. The van der Waals surface area contributed by atoms with Gasteiger partial charge in [0.15, 0.2) is 5.69 Å². The number of anilines is 2. The molecule has 0 aliphatic heterocycles. The van der Waals surface area contributed by atoms with E-state index < -0.39 is 28.9 Å². The Balaban J connectivity index is 1.96. The summed E-state index contributed by atoms with van der Waals surface area (Å²) in [6, 6.07) is 13.1. The number of nitrogen functional groups attached to an aromatic ring is 1. The van der Waals surface area contributed by atoms with Crippen molar-refractivity contribution < 1.29 is 22.7 Å². The number of nitrogens with zero attached hydrogens (tertiary/aromatic N) is 2. The van der Waals surface area contributed by atoms with Gasteiger partial charge in [0.05, 0.1) is 25.1 Å². The van der Waals surface area contributed by atoms with E-state index in [4.69, 9.17) is 10.5 Å². The van der Waals surface area contributed by atoms with Gasteiger partial charge in [-0.1, -0.05) is 42.5 Å². The van der Waals surface area contributed by atoms with Crippen LogP contribution in [0.4, 0.5) is 24.7 Å². The summed E-state index contributed by atoms with van der Waals surface area (Å²) in [5.74, 6) is -0.812. The zero-order chi connectivity index (χ0) is 24.9. The van der Waals surface area contributed by atoms with Gasteiger partial charge in [-0.2, -0.15) is 13.2 Å². The number of nitrogens with one attached hydrogen (secondary N) is 1. The molecule has 2 aromatic carbocycles. The fraction of sp³-hybridized carbons (Fsp3) is 0.261. The van der Waals surface area contributed by atoms with E-state index in [0.29, 0.717) is 5.56 Å². The van der Waals surface area contributed by atoms with Gasteiger partial charge in [0, 0.05) is 13.7 Å². The number of hydrogen-bond acceptors (Lipinski definition) is 5. The molecular formula is C23H23F3N4O4. The first-order chi connectivity index (χ1) is 16.1. The van der Waals surface area contributed by atoms with Gasteiger partial charge in [0.1, 0.15) is 5.82 Å². The minimum absolute atomic E-state index is 0.0510. The molecule has 0 unspecified atom stereocenters. The van der Waals surface area contributed by atoms with Gasteiger partial charge in [0.2, 0.25) is 5.91 Å². The van der Waals surface area contributed by atoms with E-state index >= 15 is 0 Å². The molecule has 8 nitrogen and oxygen atoms in total. The van der Waals surface area contributed by atoms with Crippen LogP contribution in [0.3, 0.4) is 0 Å². The van der Waals surface area contributed by atoms with E-state index in [1.54, 1.807) is 30.3 Å². The molecule has 0 saturated carbocycles. The molecule has 3 rings (SSSR count). The number of ether oxygens (including phenoxy) is 1. The largest absolute Gasteiger partial charge is 0.416 e. The Morgan fingerprint density at radius 3 is 2.29 bits per heavy atom. The van der Waals surface area contributed by atoms with Crippen molar-refractivity contribution in [3.8, 4) is 0 Å². The third-order valence-corrected chi connectivity index (χ3v) is 5.12. The van der Waals surface area contributed by atoms with Crippen molar-refractivity contribution >= 4 is 17.4 Å². The average Bonchev–Trinajstić information content (AvgIpc) is 2.79. The lowest BCUT2D eigenvalue weighted by atomic mass is 10.1. The lowest BCUT2D eigenvalue weighted by Gasteiger charge is -2.24. The van der Waals surface area contributed by atoms with Crippen LogP contribution in [0.5, 0.6) is 0 Å². The van der Waals surface area contributed by atoms with Crippen molar-refractivity contribution in [1.29, 1.82) is 0 Å². The third kappa shape index (κ3) is 5.73. The van der Waals surface area contributed by atoms with Crippen LogP contribution in [0.2, 0.25) is 0 Å². The highest BCUT2D eigenvalue weighted by Gasteiger charge is 2.30. The molecule has 0 aliphatic carbocycles. The maximum atomic E-state index is 13.1. The summed E-state index contributed by atoms with van der Waals surface area (Å²) in [7, 11) is 1.41. The Morgan fingerprint density at radius 2 is 1.71 bits per heavy atom. The fourth-order valence-electron chi connectivity index (χ4n) is 3.39. The second-order valence-electron chi connectivity index (χ2n) is 7.47. The van der Waals surface area contributed by atoms with Crippen LogP contribution in [0.1, 0.15) is 16.7 Å². The van der Waals surface area contributed by atoms with Gasteiger partial charge in [0.25, 0.3) is 5.56 Å². The summed E-state index contributed by atoms with van der Waals surface area (Å²) >= 11 is 0. The SMILES string of the molecule is COCCN(C(=O)Cc1ccc(C(F)(F)F)cc1)c1c(N)n(Cc2ccccc2)c(=O)[nH]c1=O. The number of methoxy groups -OCH3 is 1. The minimum atomic E-state index is -4.50. The topological polar surface area (TPSA) is 110 Å². The van der Waals surface area contributed by atoms with Gasteiger partial charge < -0.3 is 15.4 Å². The monoisotopic (exact) mass is 476 g/mol. The second kappa shape index (κ2) is 10.4. The van der Waals surface area contributed by atoms with Gasteiger partial charge in [-0.05, 0) is 23.3 Å². The molecular weight excluding hydrogens is 453 g/mol. The fourth-order valence-corrected chi connectivity index (χ4v) is 3.39. The summed E-state index contributed by atoms with van der Waals surface area (Å²) < 4.78 is 44.6. The number of aromatic nitrogens is 2. The molecule has 0 spiro atoms. The molecule has 34 heavy (non-hydrogen) atoms. The number of aromatic amines is 1.